The van der Waals surface area contributed by atoms with Gasteiger partial charge in [-0.3, -0.25) is 9.78 Å². The number of hydrogen-bond acceptors (Lipinski definition) is 5. The number of aryl methyl sites for hydroxylation is 1. The molecule has 10 heteroatoms. The lowest BCUT2D eigenvalue weighted by atomic mass is 10.1. The van der Waals surface area contributed by atoms with Crippen LogP contribution in [0, 0.1) is 6.92 Å². The van der Waals surface area contributed by atoms with Gasteiger partial charge in [-0.05, 0) is 43.7 Å². The molecule has 0 aliphatic rings. The van der Waals surface area contributed by atoms with Gasteiger partial charge in [-0.1, -0.05) is 36.4 Å². The van der Waals surface area contributed by atoms with E-state index >= 15 is 0 Å². The van der Waals surface area contributed by atoms with E-state index in [2.05, 4.69) is 16.5 Å². The summed E-state index contributed by atoms with van der Waals surface area (Å²) in [6, 6.07) is 9.42. The minimum atomic E-state index is -4.76. The Labute approximate surface area is 222 Å². The molecule has 196 valence electrons. The average molecular weight is 541 g/mol. The van der Waals surface area contributed by atoms with E-state index in [4.69, 9.17) is 16.3 Å². The molecule has 0 saturated carbocycles. The summed E-state index contributed by atoms with van der Waals surface area (Å²) in [5.74, 6) is 0.493. The van der Waals surface area contributed by atoms with Crippen molar-refractivity contribution in [2.75, 3.05) is 4.90 Å². The first-order valence-corrected chi connectivity index (χ1v) is 12.0. The molecule has 0 N–H and O–H groups in total. The normalized spacial score (nSPS) is 11.7. The standard InChI is InChI=1S/C28H24ClF3N4O2/c1-4-11-35(5-2)24-13-18(3)34-26-20(24)8-6-10-25(26)38-17-21-19(14-33-15-23(21)29)16-36-12-7-9-22(27(36)37)28(30,31)32/h4-15H,2,16-17H2,1,3H3/b11-4-. The molecule has 0 bridgehead atoms. The first kappa shape index (κ1) is 26.9. The Morgan fingerprint density at radius 2 is 2.00 bits per heavy atom. The molecule has 4 rings (SSSR count). The maximum Gasteiger partial charge on any atom is 0.421 e. The van der Waals surface area contributed by atoms with Crippen LogP contribution < -0.4 is 15.2 Å². The average Bonchev–Trinajstić information content (AvgIpc) is 2.87. The molecule has 0 amide bonds. The van der Waals surface area contributed by atoms with Crippen LogP contribution in [0.25, 0.3) is 10.9 Å². The van der Waals surface area contributed by atoms with Crippen LogP contribution in [0.2, 0.25) is 5.02 Å². The second-order valence-corrected chi connectivity index (χ2v) is 8.81. The van der Waals surface area contributed by atoms with E-state index in [0.29, 0.717) is 22.4 Å². The highest BCUT2D eigenvalue weighted by Gasteiger charge is 2.34. The maximum atomic E-state index is 13.2. The minimum Gasteiger partial charge on any atom is -0.487 e. The van der Waals surface area contributed by atoms with Gasteiger partial charge in [0.2, 0.25) is 0 Å². The first-order valence-electron chi connectivity index (χ1n) is 11.6. The van der Waals surface area contributed by atoms with Crippen LogP contribution in [0.1, 0.15) is 29.3 Å². The number of nitrogens with zero attached hydrogens (tertiary/aromatic N) is 4. The first-order chi connectivity index (χ1) is 18.1. The summed E-state index contributed by atoms with van der Waals surface area (Å²) in [7, 11) is 0. The number of aromatic nitrogens is 3. The predicted octanol–water partition coefficient (Wildman–Crippen LogP) is 6.88. The van der Waals surface area contributed by atoms with E-state index in [0.717, 1.165) is 27.4 Å². The lowest BCUT2D eigenvalue weighted by Crippen LogP contribution is -2.28. The molecule has 3 heterocycles. The second kappa shape index (κ2) is 11.1. The van der Waals surface area contributed by atoms with Gasteiger partial charge in [0, 0.05) is 47.6 Å². The van der Waals surface area contributed by atoms with Gasteiger partial charge in [0.1, 0.15) is 23.4 Å². The highest BCUT2D eigenvalue weighted by Crippen LogP contribution is 2.34. The van der Waals surface area contributed by atoms with Gasteiger partial charge in [0.25, 0.3) is 5.56 Å². The smallest absolute Gasteiger partial charge is 0.421 e. The van der Waals surface area contributed by atoms with Crippen molar-refractivity contribution in [2.45, 2.75) is 33.2 Å². The Morgan fingerprint density at radius 3 is 2.71 bits per heavy atom. The van der Waals surface area contributed by atoms with Gasteiger partial charge in [0.05, 0.1) is 17.3 Å². The van der Waals surface area contributed by atoms with Gasteiger partial charge >= 0.3 is 6.18 Å². The molecule has 0 atom stereocenters. The van der Waals surface area contributed by atoms with Crippen molar-refractivity contribution < 1.29 is 17.9 Å². The third-order valence-corrected chi connectivity index (χ3v) is 6.15. The molecule has 0 spiro atoms. The predicted molar refractivity (Wildman–Crippen MR) is 142 cm³/mol. The van der Waals surface area contributed by atoms with Crippen LogP contribution in [0.3, 0.4) is 0 Å². The number of halogens is 4. The van der Waals surface area contributed by atoms with Gasteiger partial charge in [-0.15, -0.1) is 0 Å². The van der Waals surface area contributed by atoms with Crippen LogP contribution in [0.15, 0.2) is 84.8 Å². The number of para-hydroxylation sites is 1. The van der Waals surface area contributed by atoms with Crippen molar-refractivity contribution in [3.63, 3.8) is 0 Å². The molecule has 0 radical (unpaired) electrons. The number of anilines is 1. The summed E-state index contributed by atoms with van der Waals surface area (Å²) in [6.45, 7) is 7.49. The Balaban J connectivity index is 1.70. The maximum absolute atomic E-state index is 13.2. The number of ether oxygens (including phenoxy) is 1. The van der Waals surface area contributed by atoms with E-state index in [-0.39, 0.29) is 18.2 Å². The minimum absolute atomic E-state index is 0.0193. The molecule has 0 aliphatic heterocycles. The number of rotatable bonds is 8. The third-order valence-electron chi connectivity index (χ3n) is 5.83. The zero-order valence-electron chi connectivity index (χ0n) is 20.7. The van der Waals surface area contributed by atoms with E-state index in [1.165, 1.54) is 24.7 Å². The third kappa shape index (κ3) is 5.57. The van der Waals surface area contributed by atoms with Crippen LogP contribution in [0.4, 0.5) is 18.9 Å². The lowest BCUT2D eigenvalue weighted by molar-refractivity contribution is -0.138. The number of benzene rings is 1. The van der Waals surface area contributed by atoms with E-state index in [9.17, 15) is 18.0 Å². The Kier molecular flexibility index (Phi) is 7.87. The fourth-order valence-electron chi connectivity index (χ4n) is 4.07. The van der Waals surface area contributed by atoms with Crippen molar-refractivity contribution in [3.8, 4) is 5.75 Å². The largest absolute Gasteiger partial charge is 0.487 e. The summed E-state index contributed by atoms with van der Waals surface area (Å²) in [6.07, 6.45) is 4.88. The molecule has 38 heavy (non-hydrogen) atoms. The van der Waals surface area contributed by atoms with Crippen molar-refractivity contribution in [1.82, 2.24) is 14.5 Å². The molecule has 6 nitrogen and oxygen atoms in total. The highest BCUT2D eigenvalue weighted by molar-refractivity contribution is 6.31. The molecule has 3 aromatic heterocycles. The number of allylic oxidation sites excluding steroid dienone is 1. The summed E-state index contributed by atoms with van der Waals surface area (Å²) < 4.78 is 46.8. The van der Waals surface area contributed by atoms with Crippen LogP contribution in [-0.4, -0.2) is 14.5 Å². The Morgan fingerprint density at radius 1 is 1.21 bits per heavy atom. The molecule has 0 saturated heterocycles. The van der Waals surface area contributed by atoms with Crippen molar-refractivity contribution in [3.05, 3.63) is 118 Å². The molecule has 0 unspecified atom stereocenters. The summed E-state index contributed by atoms with van der Waals surface area (Å²) in [4.78, 5) is 23.1. The highest BCUT2D eigenvalue weighted by atomic mass is 35.5. The number of hydrogen-bond donors (Lipinski definition) is 0. The van der Waals surface area contributed by atoms with Crippen molar-refractivity contribution in [1.29, 1.82) is 0 Å². The van der Waals surface area contributed by atoms with E-state index < -0.39 is 17.3 Å². The second-order valence-electron chi connectivity index (χ2n) is 8.41. The number of pyridine rings is 3. The molecule has 1 aromatic carbocycles. The molecule has 4 aromatic rings. The Bertz CT molecular complexity index is 1580. The monoisotopic (exact) mass is 540 g/mol. The van der Waals surface area contributed by atoms with Crippen LogP contribution in [0.5, 0.6) is 5.75 Å². The fourth-order valence-corrected chi connectivity index (χ4v) is 4.30. The lowest BCUT2D eigenvalue weighted by Gasteiger charge is -2.19. The quantitative estimate of drug-likeness (QED) is 0.244. The number of fused-ring (bicyclic) bond motifs is 1. The Hall–Kier alpha value is -4.11. The molecular formula is C28H24ClF3N4O2. The summed E-state index contributed by atoms with van der Waals surface area (Å²) in [5, 5.41) is 1.10. The van der Waals surface area contributed by atoms with Crippen LogP contribution in [-0.2, 0) is 19.3 Å². The van der Waals surface area contributed by atoms with E-state index in [1.54, 1.807) is 12.3 Å². The summed E-state index contributed by atoms with van der Waals surface area (Å²) in [5.41, 5.74) is 0.824. The zero-order chi connectivity index (χ0) is 27.4. The molecule has 0 fully saturated rings. The topological polar surface area (TPSA) is 60.2 Å². The van der Waals surface area contributed by atoms with Gasteiger partial charge in [-0.2, -0.15) is 13.2 Å². The van der Waals surface area contributed by atoms with E-state index in [1.807, 2.05) is 49.2 Å². The van der Waals surface area contributed by atoms with Gasteiger partial charge < -0.3 is 14.2 Å². The zero-order valence-corrected chi connectivity index (χ0v) is 21.4. The van der Waals surface area contributed by atoms with Crippen molar-refractivity contribution >= 4 is 28.2 Å². The van der Waals surface area contributed by atoms with Gasteiger partial charge in [-0.25, -0.2) is 4.98 Å². The number of alkyl halides is 3. The molecule has 0 aliphatic carbocycles. The van der Waals surface area contributed by atoms with Crippen LogP contribution >= 0.6 is 11.6 Å². The fraction of sp³-hybridized carbons (Fsp3) is 0.179. The SMILES string of the molecule is C=CN(/C=C\C)c1cc(C)nc2c(OCc3c(Cl)cncc3Cn3cccc(C(F)(F)F)c3=O)cccc12. The summed E-state index contributed by atoms with van der Waals surface area (Å²) >= 11 is 6.42. The molecular weight excluding hydrogens is 517 g/mol. The van der Waals surface area contributed by atoms with Gasteiger partial charge in [0.15, 0.2) is 0 Å². The van der Waals surface area contributed by atoms with Crippen molar-refractivity contribution in [2.24, 2.45) is 0 Å².